The topological polar surface area (TPSA) is 26.0 Å². The van der Waals surface area contributed by atoms with Gasteiger partial charge >= 0.3 is 0 Å². The number of rotatable bonds is 1. The maximum Gasteiger partial charge on any atom is 0.0639 e. The van der Waals surface area contributed by atoms with Crippen molar-refractivity contribution in [2.24, 2.45) is 5.73 Å². The molecule has 0 spiro atoms. The van der Waals surface area contributed by atoms with Crippen LogP contribution in [0.25, 0.3) is 10.1 Å². The van der Waals surface area contributed by atoms with Gasteiger partial charge in [-0.15, -0.1) is 11.3 Å². The van der Waals surface area contributed by atoms with Gasteiger partial charge in [0.25, 0.3) is 0 Å². The number of halogens is 1. The number of fused-ring (bicyclic) bond motifs is 1. The number of nitrogens with two attached hydrogens (primary N) is 1. The van der Waals surface area contributed by atoms with Crippen LogP contribution >= 0.6 is 22.9 Å². The van der Waals surface area contributed by atoms with Crippen LogP contribution in [0.4, 0.5) is 0 Å². The van der Waals surface area contributed by atoms with Crippen LogP contribution < -0.4 is 5.73 Å². The van der Waals surface area contributed by atoms with E-state index in [2.05, 4.69) is 6.07 Å². The third kappa shape index (κ3) is 1.46. The molecule has 1 atom stereocenters. The molecule has 0 bridgehead atoms. The zero-order valence-electron chi connectivity index (χ0n) is 7.25. The number of thiophene rings is 1. The Morgan fingerprint density at radius 2 is 2.08 bits per heavy atom. The average molecular weight is 212 g/mol. The summed E-state index contributed by atoms with van der Waals surface area (Å²) in [6, 6.07) is 8.12. The zero-order valence-corrected chi connectivity index (χ0v) is 8.82. The molecule has 68 valence electrons. The van der Waals surface area contributed by atoms with Gasteiger partial charge in [0, 0.05) is 21.0 Å². The third-order valence-electron chi connectivity index (χ3n) is 1.97. The maximum atomic E-state index is 6.18. The molecule has 13 heavy (non-hydrogen) atoms. The third-order valence-corrected chi connectivity index (χ3v) is 3.86. The first-order valence-electron chi connectivity index (χ1n) is 4.12. The molecule has 1 heterocycles. The summed E-state index contributed by atoms with van der Waals surface area (Å²) in [5, 5.41) is 1.93. The van der Waals surface area contributed by atoms with Crippen molar-refractivity contribution in [3.8, 4) is 0 Å². The molecule has 2 rings (SSSR count). The van der Waals surface area contributed by atoms with E-state index in [0.29, 0.717) is 0 Å². The Balaban J connectivity index is 2.74. The van der Waals surface area contributed by atoms with Crippen LogP contribution in [0, 0.1) is 0 Å². The van der Waals surface area contributed by atoms with Crippen LogP contribution in [0.1, 0.15) is 17.8 Å². The smallest absolute Gasteiger partial charge is 0.0639 e. The van der Waals surface area contributed by atoms with Gasteiger partial charge in [-0.05, 0) is 13.0 Å². The lowest BCUT2D eigenvalue weighted by Crippen LogP contribution is -2.02. The first-order valence-corrected chi connectivity index (χ1v) is 5.32. The van der Waals surface area contributed by atoms with Crippen molar-refractivity contribution < 1.29 is 0 Å². The van der Waals surface area contributed by atoms with Gasteiger partial charge in [0.15, 0.2) is 0 Å². The van der Waals surface area contributed by atoms with Gasteiger partial charge in [0.1, 0.15) is 0 Å². The van der Waals surface area contributed by atoms with E-state index < -0.39 is 0 Å². The van der Waals surface area contributed by atoms with Crippen LogP contribution in [0.3, 0.4) is 0 Å². The standard InChI is InChI=1S/C10H10ClNS/c1-6(12)10-9(11)7-4-2-3-5-8(7)13-10/h2-6H,12H2,1H3. The fourth-order valence-electron chi connectivity index (χ4n) is 1.33. The molecule has 1 nitrogen and oxygen atoms in total. The Morgan fingerprint density at radius 3 is 2.69 bits per heavy atom. The van der Waals surface area contributed by atoms with Gasteiger partial charge in [-0.2, -0.15) is 0 Å². The molecule has 0 aliphatic rings. The SMILES string of the molecule is CC(N)c1sc2ccccc2c1Cl. The maximum absolute atomic E-state index is 6.18. The highest BCUT2D eigenvalue weighted by Crippen LogP contribution is 2.37. The molecular formula is C10H10ClNS. The monoisotopic (exact) mass is 211 g/mol. The minimum absolute atomic E-state index is 0.0184. The second kappa shape index (κ2) is 3.29. The summed E-state index contributed by atoms with van der Waals surface area (Å²) in [4.78, 5) is 1.07. The van der Waals surface area contributed by atoms with Crippen molar-refractivity contribution in [3.63, 3.8) is 0 Å². The Kier molecular flexibility index (Phi) is 2.28. The summed E-state index contributed by atoms with van der Waals surface area (Å²) in [5.74, 6) is 0. The lowest BCUT2D eigenvalue weighted by molar-refractivity contribution is 0.839. The first kappa shape index (κ1) is 9.00. The van der Waals surface area contributed by atoms with E-state index in [1.54, 1.807) is 11.3 Å². The van der Waals surface area contributed by atoms with Crippen LogP contribution in [-0.2, 0) is 0 Å². The van der Waals surface area contributed by atoms with E-state index >= 15 is 0 Å². The molecule has 0 radical (unpaired) electrons. The fraction of sp³-hybridized carbons (Fsp3) is 0.200. The summed E-state index contributed by atoms with van der Waals surface area (Å²) in [7, 11) is 0. The predicted octanol–water partition coefficient (Wildman–Crippen LogP) is 3.57. The molecule has 0 amide bonds. The minimum atomic E-state index is 0.0184. The second-order valence-electron chi connectivity index (χ2n) is 3.07. The molecule has 1 unspecified atom stereocenters. The second-order valence-corrected chi connectivity index (χ2v) is 4.53. The molecule has 1 aromatic carbocycles. The Morgan fingerprint density at radius 1 is 1.38 bits per heavy atom. The summed E-state index contributed by atoms with van der Waals surface area (Å²) >= 11 is 7.86. The molecule has 3 heteroatoms. The van der Waals surface area contributed by atoms with Crippen molar-refractivity contribution in [1.82, 2.24) is 0 Å². The van der Waals surface area contributed by atoms with Crippen LogP contribution in [0.15, 0.2) is 24.3 Å². The van der Waals surface area contributed by atoms with Gasteiger partial charge < -0.3 is 5.73 Å². The lowest BCUT2D eigenvalue weighted by Gasteiger charge is -2.00. The van der Waals surface area contributed by atoms with E-state index in [0.717, 1.165) is 15.3 Å². The van der Waals surface area contributed by atoms with Crippen LogP contribution in [0.5, 0.6) is 0 Å². The summed E-state index contributed by atoms with van der Waals surface area (Å²) < 4.78 is 1.21. The molecule has 1 aromatic heterocycles. The largest absolute Gasteiger partial charge is 0.323 e. The predicted molar refractivity (Wildman–Crippen MR) is 59.4 cm³/mol. The number of hydrogen-bond acceptors (Lipinski definition) is 2. The van der Waals surface area contributed by atoms with E-state index in [1.807, 2.05) is 25.1 Å². The lowest BCUT2D eigenvalue weighted by atomic mass is 10.2. The van der Waals surface area contributed by atoms with Gasteiger partial charge in [-0.1, -0.05) is 29.8 Å². The van der Waals surface area contributed by atoms with Crippen molar-refractivity contribution in [2.45, 2.75) is 13.0 Å². The summed E-state index contributed by atoms with van der Waals surface area (Å²) in [6.45, 7) is 1.95. The quantitative estimate of drug-likeness (QED) is 0.767. The minimum Gasteiger partial charge on any atom is -0.323 e. The van der Waals surface area contributed by atoms with Gasteiger partial charge in [0.05, 0.1) is 5.02 Å². The summed E-state index contributed by atoms with van der Waals surface area (Å²) in [6.07, 6.45) is 0. The highest BCUT2D eigenvalue weighted by Gasteiger charge is 2.12. The fourth-order valence-corrected chi connectivity index (χ4v) is 2.88. The average Bonchev–Trinajstić information content (AvgIpc) is 2.45. The van der Waals surface area contributed by atoms with Crippen molar-refractivity contribution in [3.05, 3.63) is 34.2 Å². The van der Waals surface area contributed by atoms with E-state index in [1.165, 1.54) is 4.70 Å². The summed E-state index contributed by atoms with van der Waals surface area (Å²) in [5.41, 5.74) is 5.80. The molecule has 2 aromatic rings. The Hall–Kier alpha value is -0.570. The van der Waals surface area contributed by atoms with Crippen LogP contribution in [0.2, 0.25) is 5.02 Å². The Bertz CT molecular complexity index is 433. The molecule has 2 N–H and O–H groups in total. The molecular weight excluding hydrogens is 202 g/mol. The highest BCUT2D eigenvalue weighted by atomic mass is 35.5. The van der Waals surface area contributed by atoms with E-state index in [9.17, 15) is 0 Å². The van der Waals surface area contributed by atoms with Crippen molar-refractivity contribution >= 4 is 33.0 Å². The highest BCUT2D eigenvalue weighted by molar-refractivity contribution is 7.19. The van der Waals surface area contributed by atoms with Gasteiger partial charge in [-0.25, -0.2) is 0 Å². The molecule has 0 saturated carbocycles. The van der Waals surface area contributed by atoms with Gasteiger partial charge in [0.2, 0.25) is 0 Å². The normalized spacial score (nSPS) is 13.5. The van der Waals surface area contributed by atoms with E-state index in [4.69, 9.17) is 17.3 Å². The number of hydrogen-bond donors (Lipinski definition) is 1. The molecule has 0 fully saturated rings. The van der Waals surface area contributed by atoms with Crippen molar-refractivity contribution in [1.29, 1.82) is 0 Å². The molecule has 0 aliphatic heterocycles. The first-order chi connectivity index (χ1) is 6.20. The van der Waals surface area contributed by atoms with Crippen molar-refractivity contribution in [2.75, 3.05) is 0 Å². The molecule has 0 saturated heterocycles. The van der Waals surface area contributed by atoms with E-state index in [-0.39, 0.29) is 6.04 Å². The number of benzene rings is 1. The molecule has 0 aliphatic carbocycles. The Labute approximate surface area is 86.1 Å². The van der Waals surface area contributed by atoms with Crippen LogP contribution in [-0.4, -0.2) is 0 Å². The zero-order chi connectivity index (χ0) is 9.42. The van der Waals surface area contributed by atoms with Gasteiger partial charge in [-0.3, -0.25) is 0 Å².